The Hall–Kier alpha value is -3.06. The zero-order valence-electron chi connectivity index (χ0n) is 15.2. The maximum Gasteiger partial charge on any atom is 0.340 e. The fourth-order valence-electron chi connectivity index (χ4n) is 2.95. The predicted molar refractivity (Wildman–Crippen MR) is 104 cm³/mol. The Labute approximate surface area is 158 Å². The number of nitrogens with one attached hydrogen (secondary N) is 1. The molecule has 1 fully saturated rings. The summed E-state index contributed by atoms with van der Waals surface area (Å²) >= 11 is 0. The van der Waals surface area contributed by atoms with Crippen molar-refractivity contribution in [2.45, 2.75) is 6.42 Å². The van der Waals surface area contributed by atoms with E-state index in [9.17, 15) is 9.59 Å². The van der Waals surface area contributed by atoms with Crippen LogP contribution in [0.5, 0.6) is 0 Å². The van der Waals surface area contributed by atoms with Crippen molar-refractivity contribution in [2.75, 3.05) is 49.4 Å². The van der Waals surface area contributed by atoms with E-state index in [1.165, 1.54) is 7.11 Å². The molecule has 7 nitrogen and oxygen atoms in total. The third kappa shape index (κ3) is 4.77. The molecule has 0 bridgehead atoms. The Morgan fingerprint density at radius 2 is 1.85 bits per heavy atom. The lowest BCUT2D eigenvalue weighted by Gasteiger charge is -2.29. The van der Waals surface area contributed by atoms with E-state index in [0.717, 1.165) is 24.3 Å². The number of ether oxygens (including phenoxy) is 2. The number of morpholine rings is 1. The second kappa shape index (κ2) is 8.55. The van der Waals surface area contributed by atoms with Gasteiger partial charge in [-0.2, -0.15) is 0 Å². The normalized spacial score (nSPS) is 13.9. The highest BCUT2D eigenvalue weighted by atomic mass is 16.5. The first kappa shape index (κ1) is 18.7. The van der Waals surface area contributed by atoms with Crippen LogP contribution in [0.4, 0.5) is 17.1 Å². The molecule has 1 aliphatic heterocycles. The third-order valence-electron chi connectivity index (χ3n) is 4.40. The number of anilines is 3. The van der Waals surface area contributed by atoms with E-state index in [1.54, 1.807) is 36.4 Å². The lowest BCUT2D eigenvalue weighted by Crippen LogP contribution is -2.36. The fraction of sp³-hybridized carbons (Fsp3) is 0.300. The number of nitrogen functional groups attached to an aromatic ring is 1. The van der Waals surface area contributed by atoms with Gasteiger partial charge in [0.15, 0.2) is 0 Å². The number of amides is 1. The summed E-state index contributed by atoms with van der Waals surface area (Å²) in [5, 5.41) is 2.80. The number of nitrogens with zero attached hydrogens (tertiary/aromatic N) is 1. The average Bonchev–Trinajstić information content (AvgIpc) is 2.70. The molecule has 1 amide bonds. The van der Waals surface area contributed by atoms with Gasteiger partial charge in [0.1, 0.15) is 0 Å². The van der Waals surface area contributed by atoms with E-state index in [-0.39, 0.29) is 12.3 Å². The molecule has 2 aromatic carbocycles. The summed E-state index contributed by atoms with van der Waals surface area (Å²) in [6.07, 6.45) is 0.187. The second-order valence-electron chi connectivity index (χ2n) is 6.29. The number of rotatable bonds is 5. The Bertz CT molecular complexity index is 814. The van der Waals surface area contributed by atoms with E-state index in [0.29, 0.717) is 30.2 Å². The first-order valence-corrected chi connectivity index (χ1v) is 8.76. The maximum absolute atomic E-state index is 12.4. The minimum atomic E-state index is -0.493. The van der Waals surface area contributed by atoms with E-state index in [4.69, 9.17) is 15.2 Å². The summed E-state index contributed by atoms with van der Waals surface area (Å²) in [5.41, 5.74) is 8.80. The van der Waals surface area contributed by atoms with Crippen molar-refractivity contribution in [2.24, 2.45) is 0 Å². The van der Waals surface area contributed by atoms with Crippen LogP contribution in [0.15, 0.2) is 42.5 Å². The van der Waals surface area contributed by atoms with Gasteiger partial charge in [-0.05, 0) is 35.9 Å². The highest BCUT2D eigenvalue weighted by molar-refractivity contribution is 6.02. The minimum absolute atomic E-state index is 0.187. The monoisotopic (exact) mass is 369 g/mol. The molecule has 0 saturated carbocycles. The van der Waals surface area contributed by atoms with Crippen LogP contribution < -0.4 is 16.0 Å². The molecule has 7 heteroatoms. The standard InChI is InChI=1S/C20H23N3O4/c1-26-20(25)17-13-16(23-8-10-27-11-9-23)6-7-18(17)22-19(24)12-14-2-4-15(21)5-3-14/h2-7,13H,8-12,21H2,1H3,(H,22,24). The van der Waals surface area contributed by atoms with Gasteiger partial charge in [-0.3, -0.25) is 4.79 Å². The van der Waals surface area contributed by atoms with Crippen LogP contribution in [0.3, 0.4) is 0 Å². The summed E-state index contributed by atoms with van der Waals surface area (Å²) < 4.78 is 10.2. The Kier molecular flexibility index (Phi) is 5.93. The first-order chi connectivity index (χ1) is 13.1. The van der Waals surface area contributed by atoms with Gasteiger partial charge >= 0.3 is 5.97 Å². The minimum Gasteiger partial charge on any atom is -0.465 e. The number of carbonyl (C=O) groups is 2. The molecule has 2 aromatic rings. The molecule has 0 atom stereocenters. The van der Waals surface area contributed by atoms with Crippen molar-refractivity contribution in [3.05, 3.63) is 53.6 Å². The third-order valence-corrected chi connectivity index (χ3v) is 4.40. The first-order valence-electron chi connectivity index (χ1n) is 8.76. The molecule has 1 heterocycles. The lowest BCUT2D eigenvalue weighted by molar-refractivity contribution is -0.115. The van der Waals surface area contributed by atoms with E-state index < -0.39 is 5.97 Å². The summed E-state index contributed by atoms with van der Waals surface area (Å²) in [4.78, 5) is 26.7. The van der Waals surface area contributed by atoms with E-state index in [2.05, 4.69) is 10.2 Å². The molecule has 0 radical (unpaired) electrons. The zero-order valence-corrected chi connectivity index (χ0v) is 15.2. The van der Waals surface area contributed by atoms with Crippen molar-refractivity contribution in [3.8, 4) is 0 Å². The Balaban J connectivity index is 1.77. The fourth-order valence-corrected chi connectivity index (χ4v) is 2.95. The van der Waals surface area contributed by atoms with Crippen LogP contribution >= 0.6 is 0 Å². The SMILES string of the molecule is COC(=O)c1cc(N2CCOCC2)ccc1NC(=O)Cc1ccc(N)cc1. The zero-order chi connectivity index (χ0) is 19.2. The van der Waals surface area contributed by atoms with Crippen LogP contribution in [0.1, 0.15) is 15.9 Å². The number of hydrogen-bond acceptors (Lipinski definition) is 6. The number of hydrogen-bond donors (Lipinski definition) is 2. The van der Waals surface area contributed by atoms with Crippen molar-refractivity contribution < 1.29 is 19.1 Å². The number of nitrogens with two attached hydrogens (primary N) is 1. The molecule has 3 rings (SSSR count). The molecule has 0 aliphatic carbocycles. The number of methoxy groups -OCH3 is 1. The van der Waals surface area contributed by atoms with E-state index >= 15 is 0 Å². The quantitative estimate of drug-likeness (QED) is 0.619. The van der Waals surface area contributed by atoms with Crippen LogP contribution in [0, 0.1) is 0 Å². The largest absolute Gasteiger partial charge is 0.465 e. The smallest absolute Gasteiger partial charge is 0.340 e. The number of esters is 1. The summed E-state index contributed by atoms with van der Waals surface area (Å²) in [6, 6.07) is 12.5. The lowest BCUT2D eigenvalue weighted by atomic mass is 10.1. The van der Waals surface area contributed by atoms with Crippen molar-refractivity contribution in [3.63, 3.8) is 0 Å². The molecule has 142 valence electrons. The van der Waals surface area contributed by atoms with Gasteiger partial charge in [-0.15, -0.1) is 0 Å². The summed E-state index contributed by atoms with van der Waals surface area (Å²) in [5.74, 6) is -0.711. The van der Waals surface area contributed by atoms with Gasteiger partial charge in [0.05, 0.1) is 38.0 Å². The molecule has 0 aromatic heterocycles. The maximum atomic E-state index is 12.4. The van der Waals surface area contributed by atoms with Gasteiger partial charge in [0.2, 0.25) is 5.91 Å². The molecular formula is C20H23N3O4. The van der Waals surface area contributed by atoms with Crippen LogP contribution in [0.2, 0.25) is 0 Å². The van der Waals surface area contributed by atoms with E-state index in [1.807, 2.05) is 6.07 Å². The molecule has 3 N–H and O–H groups in total. The number of benzene rings is 2. The van der Waals surface area contributed by atoms with Gasteiger partial charge in [-0.25, -0.2) is 4.79 Å². The van der Waals surface area contributed by atoms with Gasteiger partial charge < -0.3 is 25.4 Å². The molecule has 0 spiro atoms. The van der Waals surface area contributed by atoms with Gasteiger partial charge in [0.25, 0.3) is 0 Å². The highest BCUT2D eigenvalue weighted by Gasteiger charge is 2.18. The van der Waals surface area contributed by atoms with Gasteiger partial charge in [-0.1, -0.05) is 12.1 Å². The molecule has 1 aliphatic rings. The van der Waals surface area contributed by atoms with Crippen molar-refractivity contribution in [1.82, 2.24) is 0 Å². The molecule has 27 heavy (non-hydrogen) atoms. The van der Waals surface area contributed by atoms with Crippen LogP contribution in [-0.2, 0) is 20.7 Å². The Morgan fingerprint density at radius 1 is 1.15 bits per heavy atom. The van der Waals surface area contributed by atoms with Crippen molar-refractivity contribution >= 4 is 28.9 Å². The average molecular weight is 369 g/mol. The summed E-state index contributed by atoms with van der Waals surface area (Å²) in [6.45, 7) is 2.80. The molecule has 1 saturated heterocycles. The van der Waals surface area contributed by atoms with Crippen LogP contribution in [-0.4, -0.2) is 45.3 Å². The Morgan fingerprint density at radius 3 is 2.52 bits per heavy atom. The predicted octanol–water partition coefficient (Wildman–Crippen LogP) is 2.07. The van der Waals surface area contributed by atoms with Crippen molar-refractivity contribution in [1.29, 1.82) is 0 Å². The number of carbonyl (C=O) groups excluding carboxylic acids is 2. The molecular weight excluding hydrogens is 346 g/mol. The summed E-state index contributed by atoms with van der Waals surface area (Å²) in [7, 11) is 1.32. The molecule has 0 unspecified atom stereocenters. The second-order valence-corrected chi connectivity index (χ2v) is 6.29. The highest BCUT2D eigenvalue weighted by Crippen LogP contribution is 2.25. The topological polar surface area (TPSA) is 93.9 Å². The van der Waals surface area contributed by atoms with Crippen LogP contribution in [0.25, 0.3) is 0 Å². The van der Waals surface area contributed by atoms with Gasteiger partial charge in [0, 0.05) is 24.5 Å².